The fourth-order valence-electron chi connectivity index (χ4n) is 4.01. The van der Waals surface area contributed by atoms with E-state index in [1.165, 1.54) is 5.56 Å². The van der Waals surface area contributed by atoms with Crippen molar-refractivity contribution in [3.05, 3.63) is 29.3 Å². The van der Waals surface area contributed by atoms with Crippen LogP contribution in [0.5, 0.6) is 0 Å². The molecule has 0 aliphatic carbocycles. The molecule has 4 rings (SSSR count). The lowest BCUT2D eigenvalue weighted by atomic mass is 9.92. The maximum Gasteiger partial charge on any atom is 0.270 e. The minimum atomic E-state index is -0.998. The van der Waals surface area contributed by atoms with Crippen molar-refractivity contribution < 1.29 is 9.59 Å². The monoisotopic (exact) mass is 299 g/mol. The van der Waals surface area contributed by atoms with Gasteiger partial charge in [-0.3, -0.25) is 14.5 Å². The Morgan fingerprint density at radius 3 is 2.86 bits per heavy atom. The Balaban J connectivity index is 1.87. The van der Waals surface area contributed by atoms with Crippen LogP contribution >= 0.6 is 0 Å². The molecule has 116 valence electrons. The van der Waals surface area contributed by atoms with Gasteiger partial charge in [-0.25, -0.2) is 0 Å². The summed E-state index contributed by atoms with van der Waals surface area (Å²) in [6.45, 7) is 5.05. The van der Waals surface area contributed by atoms with Gasteiger partial charge in [-0.15, -0.1) is 0 Å². The van der Waals surface area contributed by atoms with Gasteiger partial charge in [0.05, 0.1) is 6.04 Å². The van der Waals surface area contributed by atoms with Crippen LogP contribution in [0.1, 0.15) is 50.2 Å². The zero-order valence-corrected chi connectivity index (χ0v) is 13.0. The van der Waals surface area contributed by atoms with Crippen LogP contribution in [0.4, 0.5) is 5.69 Å². The summed E-state index contributed by atoms with van der Waals surface area (Å²) in [7, 11) is 0. The molecule has 1 aromatic carbocycles. The van der Waals surface area contributed by atoms with E-state index < -0.39 is 5.66 Å². The van der Waals surface area contributed by atoms with Crippen LogP contribution in [0.15, 0.2) is 18.2 Å². The van der Waals surface area contributed by atoms with E-state index in [1.54, 1.807) is 0 Å². The van der Waals surface area contributed by atoms with Crippen molar-refractivity contribution in [2.45, 2.75) is 50.7 Å². The van der Waals surface area contributed by atoms with Crippen molar-refractivity contribution in [2.75, 3.05) is 11.9 Å². The van der Waals surface area contributed by atoms with Crippen LogP contribution < -0.4 is 10.6 Å². The number of benzene rings is 1. The molecule has 2 fully saturated rings. The van der Waals surface area contributed by atoms with Crippen LogP contribution in [0.2, 0.25) is 0 Å². The van der Waals surface area contributed by atoms with Crippen LogP contribution in [-0.2, 0) is 15.3 Å². The predicted octanol–water partition coefficient (Wildman–Crippen LogP) is 1.90. The predicted molar refractivity (Wildman–Crippen MR) is 83.3 cm³/mol. The number of nitrogens with one attached hydrogen (secondary N) is 2. The van der Waals surface area contributed by atoms with Crippen LogP contribution in [0.25, 0.3) is 0 Å². The van der Waals surface area contributed by atoms with Crippen molar-refractivity contribution >= 4 is 17.5 Å². The van der Waals surface area contributed by atoms with Gasteiger partial charge in [-0.1, -0.05) is 26.3 Å². The van der Waals surface area contributed by atoms with Crippen molar-refractivity contribution in [2.24, 2.45) is 0 Å². The number of carbonyl (C=O) groups excluding carboxylic acids is 2. The Hall–Kier alpha value is -1.88. The topological polar surface area (TPSA) is 61.4 Å². The Bertz CT molecular complexity index is 670. The molecule has 3 aliphatic heterocycles. The molecule has 0 bridgehead atoms. The molecule has 2 N–H and O–H groups in total. The van der Waals surface area contributed by atoms with Gasteiger partial charge in [0, 0.05) is 17.8 Å². The summed E-state index contributed by atoms with van der Waals surface area (Å²) in [5.41, 5.74) is 1.91. The van der Waals surface area contributed by atoms with Crippen molar-refractivity contribution in [1.82, 2.24) is 10.2 Å². The van der Waals surface area contributed by atoms with E-state index in [0.717, 1.165) is 37.1 Å². The standard InChI is InChI=1S/C17H21N3O2/c1-10(2)11-6-7-13-12(9-11)17(16(22)18-13)19-15(21)14-5-3-4-8-20(14)17/h6-7,9-10,14H,3-5,8H2,1-2H3,(H,18,22)(H,19,21). The number of hydrogen-bond acceptors (Lipinski definition) is 3. The lowest BCUT2D eigenvalue weighted by Crippen LogP contribution is -2.56. The largest absolute Gasteiger partial charge is 0.325 e. The number of nitrogens with zero attached hydrogens (tertiary/aromatic N) is 1. The second kappa shape index (κ2) is 4.56. The second-order valence-electron chi connectivity index (χ2n) is 6.82. The lowest BCUT2D eigenvalue weighted by molar-refractivity contribution is -0.129. The Morgan fingerprint density at radius 2 is 2.09 bits per heavy atom. The van der Waals surface area contributed by atoms with Crippen molar-refractivity contribution in [1.29, 1.82) is 0 Å². The fraction of sp³-hybridized carbons (Fsp3) is 0.529. The average molecular weight is 299 g/mol. The first-order valence-electron chi connectivity index (χ1n) is 8.08. The highest BCUT2D eigenvalue weighted by atomic mass is 16.2. The van der Waals surface area contributed by atoms with Gasteiger partial charge in [0.15, 0.2) is 0 Å². The summed E-state index contributed by atoms with van der Waals surface area (Å²) in [5, 5.41) is 5.97. The smallest absolute Gasteiger partial charge is 0.270 e. The Morgan fingerprint density at radius 1 is 1.27 bits per heavy atom. The highest BCUT2D eigenvalue weighted by Crippen LogP contribution is 2.45. The summed E-state index contributed by atoms with van der Waals surface area (Å²) in [6.07, 6.45) is 2.91. The van der Waals surface area contributed by atoms with Crippen molar-refractivity contribution in [3.8, 4) is 0 Å². The third kappa shape index (κ3) is 1.63. The quantitative estimate of drug-likeness (QED) is 0.832. The first kappa shape index (κ1) is 13.8. The van der Waals surface area contributed by atoms with Gasteiger partial charge in [0.1, 0.15) is 0 Å². The normalized spacial score (nSPS) is 30.4. The van der Waals surface area contributed by atoms with Crippen molar-refractivity contribution in [3.63, 3.8) is 0 Å². The molecule has 2 saturated heterocycles. The molecule has 22 heavy (non-hydrogen) atoms. The summed E-state index contributed by atoms with van der Waals surface area (Å²) < 4.78 is 0. The molecule has 2 unspecified atom stereocenters. The van der Waals surface area contributed by atoms with E-state index in [-0.39, 0.29) is 17.9 Å². The molecule has 2 amide bonds. The van der Waals surface area contributed by atoms with Gasteiger partial charge >= 0.3 is 0 Å². The molecule has 0 saturated carbocycles. The first-order valence-corrected chi connectivity index (χ1v) is 8.08. The Kier molecular flexibility index (Phi) is 2.85. The lowest BCUT2D eigenvalue weighted by Gasteiger charge is -2.37. The number of anilines is 1. The molecule has 3 heterocycles. The number of carbonyl (C=O) groups is 2. The molecular formula is C17H21N3O2. The molecule has 1 spiro atoms. The first-order chi connectivity index (χ1) is 10.5. The maximum atomic E-state index is 12.8. The molecule has 3 aliphatic rings. The molecule has 5 nitrogen and oxygen atoms in total. The number of hydrogen-bond donors (Lipinski definition) is 2. The summed E-state index contributed by atoms with van der Waals surface area (Å²) in [6, 6.07) is 5.91. The zero-order valence-electron chi connectivity index (χ0n) is 13.0. The molecule has 2 atom stereocenters. The molecule has 0 radical (unpaired) electrons. The maximum absolute atomic E-state index is 12.8. The van der Waals surface area contributed by atoms with E-state index in [2.05, 4.69) is 35.4 Å². The van der Waals surface area contributed by atoms with E-state index in [9.17, 15) is 9.59 Å². The molecular weight excluding hydrogens is 278 g/mol. The Labute approximate surface area is 130 Å². The van der Waals surface area contributed by atoms with Gasteiger partial charge in [-0.2, -0.15) is 0 Å². The summed E-state index contributed by atoms with van der Waals surface area (Å²) in [4.78, 5) is 27.3. The van der Waals surface area contributed by atoms with E-state index in [4.69, 9.17) is 0 Å². The zero-order chi connectivity index (χ0) is 15.5. The minimum absolute atomic E-state index is 0.0161. The van der Waals surface area contributed by atoms with Gasteiger partial charge in [0.2, 0.25) is 11.6 Å². The molecule has 5 heteroatoms. The number of amides is 2. The van der Waals surface area contributed by atoms with Crippen LogP contribution in [0, 0.1) is 0 Å². The summed E-state index contributed by atoms with van der Waals surface area (Å²) in [5.74, 6) is 0.242. The van der Waals surface area contributed by atoms with Gasteiger partial charge in [-0.05, 0) is 36.5 Å². The fourth-order valence-corrected chi connectivity index (χ4v) is 4.01. The highest BCUT2D eigenvalue weighted by molar-refractivity contribution is 6.09. The van der Waals surface area contributed by atoms with Gasteiger partial charge in [0.25, 0.3) is 5.91 Å². The van der Waals surface area contributed by atoms with E-state index >= 15 is 0 Å². The number of fused-ring (bicyclic) bond motifs is 4. The van der Waals surface area contributed by atoms with Crippen LogP contribution in [0.3, 0.4) is 0 Å². The number of piperidine rings is 1. The highest BCUT2D eigenvalue weighted by Gasteiger charge is 2.60. The number of rotatable bonds is 1. The minimum Gasteiger partial charge on any atom is -0.325 e. The van der Waals surface area contributed by atoms with Crippen LogP contribution in [-0.4, -0.2) is 29.3 Å². The molecule has 0 aromatic heterocycles. The third-order valence-electron chi connectivity index (χ3n) is 5.22. The van der Waals surface area contributed by atoms with E-state index in [1.807, 2.05) is 12.1 Å². The summed E-state index contributed by atoms with van der Waals surface area (Å²) >= 11 is 0. The molecule has 1 aromatic rings. The third-order valence-corrected chi connectivity index (χ3v) is 5.22. The van der Waals surface area contributed by atoms with Gasteiger partial charge < -0.3 is 10.6 Å². The average Bonchev–Trinajstić information content (AvgIpc) is 2.96. The van der Waals surface area contributed by atoms with E-state index in [0.29, 0.717) is 5.92 Å². The SMILES string of the molecule is CC(C)c1ccc2c(c1)C1(NC(=O)C3CCCCN31)C(=O)N2. The second-order valence-corrected chi connectivity index (χ2v) is 6.82.